The van der Waals surface area contributed by atoms with Gasteiger partial charge in [-0.2, -0.15) is 0 Å². The second-order valence-electron chi connectivity index (χ2n) is 7.12. The van der Waals surface area contributed by atoms with Gasteiger partial charge >= 0.3 is 0 Å². The molecule has 25 heavy (non-hydrogen) atoms. The second-order valence-corrected chi connectivity index (χ2v) is 7.12. The molecule has 0 bridgehead atoms. The van der Waals surface area contributed by atoms with Crippen LogP contribution < -0.4 is 4.74 Å². The molecule has 2 rings (SSSR count). The average molecular weight is 346 g/mol. The minimum Gasteiger partial charge on any atom is -0.481 e. The molecule has 0 spiro atoms. The lowest BCUT2D eigenvalue weighted by atomic mass is 9.98. The zero-order chi connectivity index (χ0) is 18.6. The van der Waals surface area contributed by atoms with E-state index in [2.05, 4.69) is 26.8 Å². The number of aryl methyl sites for hydroxylation is 1. The minimum absolute atomic E-state index is 0.0176. The molecule has 1 aromatic rings. The Hall–Kier alpha value is -2.04. The molecule has 5 heteroatoms. The van der Waals surface area contributed by atoms with Crippen molar-refractivity contribution in [2.45, 2.75) is 53.1 Å². The Labute approximate surface area is 150 Å². The highest BCUT2D eigenvalue weighted by molar-refractivity contribution is 5.81. The lowest BCUT2D eigenvalue weighted by Crippen LogP contribution is -2.42. The molecule has 1 fully saturated rings. The summed E-state index contributed by atoms with van der Waals surface area (Å²) in [6, 6.07) is 6.01. The van der Waals surface area contributed by atoms with Gasteiger partial charge in [-0.3, -0.25) is 9.59 Å². The highest BCUT2D eigenvalue weighted by Crippen LogP contribution is 2.24. The predicted molar refractivity (Wildman–Crippen MR) is 98.8 cm³/mol. The maximum atomic E-state index is 12.7. The van der Waals surface area contributed by atoms with E-state index in [1.165, 1.54) is 11.1 Å². The number of nitrogens with zero attached hydrogens (tertiary/aromatic N) is 2. The smallest absolute Gasteiger partial charge is 0.263 e. The number of ether oxygens (including phenoxy) is 1. The van der Waals surface area contributed by atoms with Crippen LogP contribution in [0.4, 0.5) is 0 Å². The molecule has 1 heterocycles. The Bertz CT molecular complexity index is 627. The van der Waals surface area contributed by atoms with Gasteiger partial charge in [0.25, 0.3) is 5.91 Å². The highest BCUT2D eigenvalue weighted by atomic mass is 16.5. The summed E-state index contributed by atoms with van der Waals surface area (Å²) in [6.07, 6.45) is 0.272. The summed E-state index contributed by atoms with van der Waals surface area (Å²) < 4.78 is 5.89. The first-order valence-electron chi connectivity index (χ1n) is 9.11. The Kier molecular flexibility index (Phi) is 6.45. The molecule has 0 aromatic heterocycles. The van der Waals surface area contributed by atoms with Gasteiger partial charge in [0.1, 0.15) is 5.75 Å². The number of carbonyl (C=O) groups is 2. The standard InChI is InChI=1S/C20H30N2O3/c1-14(2)19-8-7-18(13-15(19)3)25-16(4)20(24)22-10-6-9-21(11-12-22)17(5)23/h7-8,13-14,16H,6,9-12H2,1-5H3/t16-/m1/s1. The largest absolute Gasteiger partial charge is 0.481 e. The van der Waals surface area contributed by atoms with Gasteiger partial charge in [-0.25, -0.2) is 0 Å². The topological polar surface area (TPSA) is 49.9 Å². The van der Waals surface area contributed by atoms with E-state index in [0.29, 0.717) is 32.1 Å². The highest BCUT2D eigenvalue weighted by Gasteiger charge is 2.25. The fourth-order valence-electron chi connectivity index (χ4n) is 3.33. The van der Waals surface area contributed by atoms with E-state index in [0.717, 1.165) is 12.2 Å². The molecule has 1 atom stereocenters. The van der Waals surface area contributed by atoms with Crippen LogP contribution in [0.2, 0.25) is 0 Å². The first-order valence-corrected chi connectivity index (χ1v) is 9.11. The molecule has 0 radical (unpaired) electrons. The van der Waals surface area contributed by atoms with Gasteiger partial charge in [0, 0.05) is 33.1 Å². The fraction of sp³-hybridized carbons (Fsp3) is 0.600. The van der Waals surface area contributed by atoms with Crippen LogP contribution in [0.15, 0.2) is 18.2 Å². The van der Waals surface area contributed by atoms with Crippen LogP contribution in [0.1, 0.15) is 51.2 Å². The van der Waals surface area contributed by atoms with Crippen LogP contribution >= 0.6 is 0 Å². The number of carbonyl (C=O) groups excluding carboxylic acids is 2. The quantitative estimate of drug-likeness (QED) is 0.842. The van der Waals surface area contributed by atoms with E-state index in [-0.39, 0.29) is 11.8 Å². The zero-order valence-electron chi connectivity index (χ0n) is 16.0. The third-order valence-corrected chi connectivity index (χ3v) is 4.78. The van der Waals surface area contributed by atoms with Crippen LogP contribution in [0.5, 0.6) is 5.75 Å². The number of hydrogen-bond donors (Lipinski definition) is 0. The molecular formula is C20H30N2O3. The normalized spacial score (nSPS) is 16.6. The third kappa shape index (κ3) is 4.97. The number of rotatable bonds is 4. The van der Waals surface area contributed by atoms with Gasteiger partial charge < -0.3 is 14.5 Å². The molecule has 0 unspecified atom stereocenters. The summed E-state index contributed by atoms with van der Waals surface area (Å²) in [7, 11) is 0. The summed E-state index contributed by atoms with van der Waals surface area (Å²) in [6.45, 7) is 12.3. The molecule has 5 nitrogen and oxygen atoms in total. The van der Waals surface area contributed by atoms with Crippen LogP contribution in [0, 0.1) is 6.92 Å². The lowest BCUT2D eigenvalue weighted by Gasteiger charge is -2.25. The van der Waals surface area contributed by atoms with Crippen molar-refractivity contribution >= 4 is 11.8 Å². The molecule has 138 valence electrons. The molecule has 1 saturated heterocycles. The maximum Gasteiger partial charge on any atom is 0.263 e. The lowest BCUT2D eigenvalue weighted by molar-refractivity contribution is -0.138. The molecule has 1 aliphatic heterocycles. The van der Waals surface area contributed by atoms with E-state index < -0.39 is 6.10 Å². The van der Waals surface area contributed by atoms with Gasteiger partial charge in [0.05, 0.1) is 0 Å². The van der Waals surface area contributed by atoms with Gasteiger partial charge in [-0.05, 0) is 49.4 Å². The SMILES string of the molecule is CC(=O)N1CCCN(C(=O)[C@@H](C)Oc2ccc(C(C)C)c(C)c2)CC1. The van der Waals surface area contributed by atoms with Crippen molar-refractivity contribution < 1.29 is 14.3 Å². The van der Waals surface area contributed by atoms with Crippen molar-refractivity contribution in [3.63, 3.8) is 0 Å². The first-order chi connectivity index (χ1) is 11.8. The molecular weight excluding hydrogens is 316 g/mol. The summed E-state index contributed by atoms with van der Waals surface area (Å²) in [5, 5.41) is 0. The summed E-state index contributed by atoms with van der Waals surface area (Å²) in [4.78, 5) is 27.8. The molecule has 1 aromatic carbocycles. The van der Waals surface area contributed by atoms with Crippen LogP contribution in [-0.4, -0.2) is 53.9 Å². The van der Waals surface area contributed by atoms with Crippen molar-refractivity contribution in [1.82, 2.24) is 9.80 Å². The number of hydrogen-bond acceptors (Lipinski definition) is 3. The maximum absolute atomic E-state index is 12.7. The molecule has 1 aliphatic rings. The van der Waals surface area contributed by atoms with Crippen molar-refractivity contribution in [3.05, 3.63) is 29.3 Å². The monoisotopic (exact) mass is 346 g/mol. The number of benzene rings is 1. The van der Waals surface area contributed by atoms with Crippen LogP contribution in [0.25, 0.3) is 0 Å². The fourth-order valence-corrected chi connectivity index (χ4v) is 3.33. The zero-order valence-corrected chi connectivity index (χ0v) is 16.0. The van der Waals surface area contributed by atoms with Crippen LogP contribution in [-0.2, 0) is 9.59 Å². The minimum atomic E-state index is -0.534. The molecule has 0 saturated carbocycles. The van der Waals surface area contributed by atoms with Crippen molar-refractivity contribution in [1.29, 1.82) is 0 Å². The summed E-state index contributed by atoms with van der Waals surface area (Å²) in [5.74, 6) is 1.24. The first kappa shape index (κ1) is 19.3. The Balaban J connectivity index is 1.98. The van der Waals surface area contributed by atoms with E-state index in [1.807, 2.05) is 17.0 Å². The van der Waals surface area contributed by atoms with Crippen molar-refractivity contribution in [2.75, 3.05) is 26.2 Å². The summed E-state index contributed by atoms with van der Waals surface area (Å²) >= 11 is 0. The van der Waals surface area contributed by atoms with Crippen molar-refractivity contribution in [2.24, 2.45) is 0 Å². The van der Waals surface area contributed by atoms with Crippen LogP contribution in [0.3, 0.4) is 0 Å². The average Bonchev–Trinajstić information content (AvgIpc) is 2.79. The molecule has 0 N–H and O–H groups in total. The van der Waals surface area contributed by atoms with Gasteiger partial charge in [0.2, 0.25) is 5.91 Å². The Morgan fingerprint density at radius 1 is 1.04 bits per heavy atom. The Morgan fingerprint density at radius 2 is 1.68 bits per heavy atom. The van der Waals surface area contributed by atoms with E-state index in [9.17, 15) is 9.59 Å². The molecule has 0 aliphatic carbocycles. The predicted octanol–water partition coefficient (Wildman–Crippen LogP) is 2.97. The third-order valence-electron chi connectivity index (χ3n) is 4.78. The van der Waals surface area contributed by atoms with Gasteiger partial charge in [0.15, 0.2) is 6.10 Å². The molecule has 2 amide bonds. The van der Waals surface area contributed by atoms with Crippen molar-refractivity contribution in [3.8, 4) is 5.75 Å². The summed E-state index contributed by atoms with van der Waals surface area (Å²) in [5.41, 5.74) is 2.47. The van der Waals surface area contributed by atoms with E-state index in [4.69, 9.17) is 4.74 Å². The number of amides is 2. The van der Waals surface area contributed by atoms with Gasteiger partial charge in [-0.1, -0.05) is 19.9 Å². The Morgan fingerprint density at radius 3 is 2.28 bits per heavy atom. The van der Waals surface area contributed by atoms with E-state index in [1.54, 1.807) is 18.7 Å². The van der Waals surface area contributed by atoms with E-state index >= 15 is 0 Å². The van der Waals surface area contributed by atoms with Gasteiger partial charge in [-0.15, -0.1) is 0 Å². The second kappa shape index (κ2) is 8.37.